The zero-order chi connectivity index (χ0) is 15.5. The molecule has 3 rings (SSSR count). The van der Waals surface area contributed by atoms with Gasteiger partial charge in [0.25, 0.3) is 0 Å². The number of aromatic nitrogens is 1. The maximum Gasteiger partial charge on any atom is 0.136 e. The van der Waals surface area contributed by atoms with Crippen LogP contribution in [-0.2, 0) is 0 Å². The third-order valence-corrected chi connectivity index (χ3v) is 3.56. The van der Waals surface area contributed by atoms with Gasteiger partial charge >= 0.3 is 0 Å². The highest BCUT2D eigenvalue weighted by molar-refractivity contribution is 5.80. The molecule has 110 valence electrons. The molecule has 0 aliphatic heterocycles. The summed E-state index contributed by atoms with van der Waals surface area (Å²) >= 11 is 0. The van der Waals surface area contributed by atoms with Crippen molar-refractivity contribution in [1.29, 1.82) is 0 Å². The molecule has 0 spiro atoms. The second-order valence-electron chi connectivity index (χ2n) is 5.41. The highest BCUT2D eigenvalue weighted by Gasteiger charge is 2.10. The summed E-state index contributed by atoms with van der Waals surface area (Å²) in [7, 11) is 3.90. The Morgan fingerprint density at radius 1 is 0.818 bits per heavy atom. The van der Waals surface area contributed by atoms with E-state index < -0.39 is 0 Å². The quantitative estimate of drug-likeness (QED) is 0.786. The normalized spacial score (nSPS) is 10.5. The van der Waals surface area contributed by atoms with Gasteiger partial charge in [-0.25, -0.2) is 4.98 Å². The van der Waals surface area contributed by atoms with E-state index in [9.17, 15) is 5.11 Å². The Labute approximate surface area is 130 Å². The Bertz CT molecular complexity index is 782. The van der Waals surface area contributed by atoms with Gasteiger partial charge in [-0.3, -0.25) is 0 Å². The molecule has 0 saturated heterocycles. The van der Waals surface area contributed by atoms with Crippen molar-refractivity contribution in [2.24, 2.45) is 0 Å². The van der Waals surface area contributed by atoms with Crippen LogP contribution in [-0.4, -0.2) is 24.2 Å². The van der Waals surface area contributed by atoms with Crippen molar-refractivity contribution < 1.29 is 5.11 Å². The first-order valence-corrected chi connectivity index (χ1v) is 7.17. The molecular weight excluding hydrogens is 272 g/mol. The van der Waals surface area contributed by atoms with Crippen LogP contribution < -0.4 is 4.90 Å². The van der Waals surface area contributed by atoms with Crippen LogP contribution in [0.25, 0.3) is 22.3 Å². The summed E-state index contributed by atoms with van der Waals surface area (Å²) in [4.78, 5) is 6.28. The fraction of sp³-hybridized carbons (Fsp3) is 0.105. The second kappa shape index (κ2) is 5.90. The largest absolute Gasteiger partial charge is 0.506 e. The third kappa shape index (κ3) is 2.79. The van der Waals surface area contributed by atoms with Crippen LogP contribution in [0, 0.1) is 0 Å². The SMILES string of the molecule is CN(C)c1ncc(O)cc1-c1cccc(-c2ccccc2)c1. The van der Waals surface area contributed by atoms with Crippen LogP contribution in [0.2, 0.25) is 0 Å². The second-order valence-corrected chi connectivity index (χ2v) is 5.41. The van der Waals surface area contributed by atoms with E-state index in [1.54, 1.807) is 6.07 Å². The molecule has 0 aliphatic rings. The lowest BCUT2D eigenvalue weighted by Crippen LogP contribution is -2.11. The number of benzene rings is 2. The molecule has 0 unspecified atom stereocenters. The summed E-state index contributed by atoms with van der Waals surface area (Å²) in [5.74, 6) is 1.01. The van der Waals surface area contributed by atoms with Gasteiger partial charge in [0.1, 0.15) is 11.6 Å². The molecule has 2 aromatic carbocycles. The zero-order valence-corrected chi connectivity index (χ0v) is 12.7. The van der Waals surface area contributed by atoms with Crippen LogP contribution in [0.4, 0.5) is 5.82 Å². The number of pyridine rings is 1. The van der Waals surface area contributed by atoms with Crippen LogP contribution in [0.1, 0.15) is 0 Å². The van der Waals surface area contributed by atoms with Gasteiger partial charge < -0.3 is 10.0 Å². The van der Waals surface area contributed by atoms with Gasteiger partial charge in [0.2, 0.25) is 0 Å². The van der Waals surface area contributed by atoms with E-state index in [0.717, 1.165) is 22.5 Å². The Balaban J connectivity index is 2.12. The van der Waals surface area contributed by atoms with E-state index in [1.165, 1.54) is 11.8 Å². The first-order chi connectivity index (χ1) is 10.6. The Morgan fingerprint density at radius 2 is 1.50 bits per heavy atom. The van der Waals surface area contributed by atoms with E-state index >= 15 is 0 Å². The zero-order valence-electron chi connectivity index (χ0n) is 12.7. The summed E-state index contributed by atoms with van der Waals surface area (Å²) in [5.41, 5.74) is 4.27. The lowest BCUT2D eigenvalue weighted by atomic mass is 9.99. The fourth-order valence-corrected chi connectivity index (χ4v) is 2.51. The van der Waals surface area contributed by atoms with Crippen molar-refractivity contribution in [3.05, 3.63) is 66.9 Å². The lowest BCUT2D eigenvalue weighted by molar-refractivity contribution is 0.473. The molecule has 1 aromatic heterocycles. The molecule has 0 bridgehead atoms. The van der Waals surface area contributed by atoms with Gasteiger partial charge in [-0.1, -0.05) is 48.5 Å². The third-order valence-electron chi connectivity index (χ3n) is 3.56. The smallest absolute Gasteiger partial charge is 0.136 e. The first kappa shape index (κ1) is 14.1. The Kier molecular flexibility index (Phi) is 3.79. The van der Waals surface area contributed by atoms with Gasteiger partial charge in [-0.05, 0) is 28.8 Å². The van der Waals surface area contributed by atoms with E-state index in [4.69, 9.17) is 0 Å². The van der Waals surface area contributed by atoms with Crippen molar-refractivity contribution in [2.45, 2.75) is 0 Å². The standard InChI is InChI=1S/C19H18N2O/c1-21(2)19-18(12-17(22)13-20-19)16-10-6-9-15(11-16)14-7-4-3-5-8-14/h3-13,22H,1-2H3. The minimum Gasteiger partial charge on any atom is -0.506 e. The average molecular weight is 290 g/mol. The van der Waals surface area contributed by atoms with Crippen LogP contribution in [0.15, 0.2) is 66.9 Å². The van der Waals surface area contributed by atoms with Gasteiger partial charge in [-0.15, -0.1) is 0 Å². The molecule has 0 atom stereocenters. The van der Waals surface area contributed by atoms with E-state index in [-0.39, 0.29) is 5.75 Å². The molecule has 0 fully saturated rings. The highest BCUT2D eigenvalue weighted by Crippen LogP contribution is 2.33. The maximum atomic E-state index is 9.79. The number of aromatic hydroxyl groups is 1. The molecule has 0 saturated carbocycles. The summed E-state index contributed by atoms with van der Waals surface area (Å²) < 4.78 is 0. The van der Waals surface area contributed by atoms with Crippen LogP contribution in [0.3, 0.4) is 0 Å². The summed E-state index contributed by atoms with van der Waals surface area (Å²) in [6, 6.07) is 20.3. The fourth-order valence-electron chi connectivity index (χ4n) is 2.51. The molecule has 3 nitrogen and oxygen atoms in total. The lowest BCUT2D eigenvalue weighted by Gasteiger charge is -2.17. The molecule has 0 aliphatic carbocycles. The topological polar surface area (TPSA) is 36.4 Å². The number of hydrogen-bond donors (Lipinski definition) is 1. The van der Waals surface area contributed by atoms with Crippen molar-refractivity contribution in [1.82, 2.24) is 4.98 Å². The Hall–Kier alpha value is -2.81. The predicted molar refractivity (Wildman–Crippen MR) is 91.1 cm³/mol. The van der Waals surface area contributed by atoms with Gasteiger partial charge in [0.05, 0.1) is 6.20 Å². The highest BCUT2D eigenvalue weighted by atomic mass is 16.3. The summed E-state index contributed by atoms with van der Waals surface area (Å²) in [5, 5.41) is 9.79. The number of nitrogens with zero attached hydrogens (tertiary/aromatic N) is 2. The monoisotopic (exact) mass is 290 g/mol. The molecule has 1 heterocycles. The minimum atomic E-state index is 0.172. The first-order valence-electron chi connectivity index (χ1n) is 7.17. The van der Waals surface area contributed by atoms with Crippen molar-refractivity contribution in [2.75, 3.05) is 19.0 Å². The summed E-state index contributed by atoms with van der Waals surface area (Å²) in [6.45, 7) is 0. The van der Waals surface area contributed by atoms with Gasteiger partial charge in [0, 0.05) is 19.7 Å². The average Bonchev–Trinajstić information content (AvgIpc) is 2.55. The minimum absolute atomic E-state index is 0.172. The van der Waals surface area contributed by atoms with E-state index in [2.05, 4.69) is 29.2 Å². The molecular formula is C19H18N2O. The van der Waals surface area contributed by atoms with E-state index in [1.807, 2.05) is 49.3 Å². The maximum absolute atomic E-state index is 9.79. The predicted octanol–water partition coefficient (Wildman–Crippen LogP) is 4.19. The van der Waals surface area contributed by atoms with Gasteiger partial charge in [-0.2, -0.15) is 0 Å². The van der Waals surface area contributed by atoms with Crippen LogP contribution in [0.5, 0.6) is 5.75 Å². The molecule has 22 heavy (non-hydrogen) atoms. The Morgan fingerprint density at radius 3 is 2.23 bits per heavy atom. The van der Waals surface area contributed by atoms with Gasteiger partial charge in [0.15, 0.2) is 0 Å². The van der Waals surface area contributed by atoms with Crippen molar-refractivity contribution in [3.8, 4) is 28.0 Å². The molecule has 0 amide bonds. The number of rotatable bonds is 3. The number of anilines is 1. The molecule has 1 N–H and O–H groups in total. The molecule has 3 heteroatoms. The van der Waals surface area contributed by atoms with Crippen LogP contribution >= 0.6 is 0 Å². The number of hydrogen-bond acceptors (Lipinski definition) is 3. The molecule has 0 radical (unpaired) electrons. The van der Waals surface area contributed by atoms with Crippen molar-refractivity contribution >= 4 is 5.82 Å². The molecule has 3 aromatic rings. The summed E-state index contributed by atoms with van der Waals surface area (Å²) in [6.07, 6.45) is 1.47. The van der Waals surface area contributed by atoms with Crippen molar-refractivity contribution in [3.63, 3.8) is 0 Å². The van der Waals surface area contributed by atoms with E-state index in [0.29, 0.717) is 0 Å².